The van der Waals surface area contributed by atoms with Crippen LogP contribution in [0.2, 0.25) is 0 Å². The summed E-state index contributed by atoms with van der Waals surface area (Å²) in [4.78, 5) is 43.2. The maximum atomic E-state index is 14.0. The van der Waals surface area contributed by atoms with E-state index in [1.54, 1.807) is 18.2 Å². The number of nitrogens with zero attached hydrogens (tertiary/aromatic N) is 2. The second-order valence-corrected chi connectivity index (χ2v) is 8.88. The number of likely N-dealkylation sites (tertiary alicyclic amines) is 1. The molecule has 1 aliphatic heterocycles. The number of fused-ring (bicyclic) bond motifs is 1. The highest BCUT2D eigenvalue weighted by Gasteiger charge is 2.20. The zero-order valence-corrected chi connectivity index (χ0v) is 19.5. The van der Waals surface area contributed by atoms with E-state index in [1.165, 1.54) is 43.5 Å². The standard InChI is InChI=1S/C26H31FN4O3/c1-2-20-9-5-6-14-30(20)15-7-13-28-24(32)18-11-12-21-23(16-18)29-26(34)31(25(21)33)17-19-8-3-4-10-22(19)27/h3-4,8,10-12,16,20H,2,5-7,9,13-15,17H2,1H3,(H,28,32)(H,29,34). The fourth-order valence-electron chi connectivity index (χ4n) is 4.74. The second-order valence-electron chi connectivity index (χ2n) is 8.88. The smallest absolute Gasteiger partial charge is 0.329 e. The third kappa shape index (κ3) is 5.28. The topological polar surface area (TPSA) is 87.2 Å². The molecule has 34 heavy (non-hydrogen) atoms. The second kappa shape index (κ2) is 10.8. The Labute approximate surface area is 197 Å². The number of halogens is 1. The van der Waals surface area contributed by atoms with Gasteiger partial charge in [-0.1, -0.05) is 31.5 Å². The molecule has 1 amide bonds. The first kappa shape index (κ1) is 23.9. The number of nitrogens with one attached hydrogen (secondary N) is 2. The molecule has 1 aliphatic rings. The van der Waals surface area contributed by atoms with Gasteiger partial charge in [0.15, 0.2) is 0 Å². The van der Waals surface area contributed by atoms with Gasteiger partial charge < -0.3 is 15.2 Å². The monoisotopic (exact) mass is 466 g/mol. The van der Waals surface area contributed by atoms with E-state index in [-0.39, 0.29) is 28.9 Å². The highest BCUT2D eigenvalue weighted by atomic mass is 19.1. The lowest BCUT2D eigenvalue weighted by molar-refractivity contribution is 0.0947. The Morgan fingerprint density at radius 1 is 1.18 bits per heavy atom. The van der Waals surface area contributed by atoms with Crippen LogP contribution in [0.5, 0.6) is 0 Å². The number of H-pyrrole nitrogens is 1. The largest absolute Gasteiger partial charge is 0.352 e. The van der Waals surface area contributed by atoms with Crippen LogP contribution in [0.3, 0.4) is 0 Å². The predicted molar refractivity (Wildman–Crippen MR) is 131 cm³/mol. The molecule has 180 valence electrons. The van der Waals surface area contributed by atoms with Crippen molar-refractivity contribution in [1.82, 2.24) is 19.8 Å². The van der Waals surface area contributed by atoms with Gasteiger partial charge in [0.05, 0.1) is 17.4 Å². The average molecular weight is 467 g/mol. The third-order valence-electron chi connectivity index (χ3n) is 6.66. The number of rotatable bonds is 8. The van der Waals surface area contributed by atoms with Crippen LogP contribution in [0.4, 0.5) is 4.39 Å². The summed E-state index contributed by atoms with van der Waals surface area (Å²) in [7, 11) is 0. The van der Waals surface area contributed by atoms with E-state index in [4.69, 9.17) is 0 Å². The molecule has 0 saturated carbocycles. The summed E-state index contributed by atoms with van der Waals surface area (Å²) in [6, 6.07) is 11.3. The van der Waals surface area contributed by atoms with Gasteiger partial charge in [-0.2, -0.15) is 0 Å². The van der Waals surface area contributed by atoms with Crippen LogP contribution in [0.25, 0.3) is 10.9 Å². The molecule has 1 aromatic heterocycles. The Hall–Kier alpha value is -3.26. The van der Waals surface area contributed by atoms with Gasteiger partial charge in [-0.15, -0.1) is 0 Å². The van der Waals surface area contributed by atoms with E-state index in [2.05, 4.69) is 22.1 Å². The van der Waals surface area contributed by atoms with E-state index in [0.29, 0.717) is 18.2 Å². The van der Waals surface area contributed by atoms with Crippen LogP contribution in [0.15, 0.2) is 52.1 Å². The molecule has 2 aromatic carbocycles. The van der Waals surface area contributed by atoms with Gasteiger partial charge >= 0.3 is 5.69 Å². The van der Waals surface area contributed by atoms with E-state index in [0.717, 1.165) is 30.5 Å². The summed E-state index contributed by atoms with van der Waals surface area (Å²) < 4.78 is 15.0. The lowest BCUT2D eigenvalue weighted by atomic mass is 10.00. The van der Waals surface area contributed by atoms with Crippen molar-refractivity contribution in [2.75, 3.05) is 19.6 Å². The van der Waals surface area contributed by atoms with Crippen LogP contribution >= 0.6 is 0 Å². The number of carbonyl (C=O) groups excluding carboxylic acids is 1. The summed E-state index contributed by atoms with van der Waals surface area (Å²) in [5.41, 5.74) is -0.267. The summed E-state index contributed by atoms with van der Waals surface area (Å²) in [6.45, 7) is 4.70. The number of amides is 1. The Morgan fingerprint density at radius 2 is 2.00 bits per heavy atom. The number of carbonyl (C=O) groups is 1. The molecule has 0 spiro atoms. The molecule has 8 heteroatoms. The van der Waals surface area contributed by atoms with E-state index < -0.39 is 17.1 Å². The minimum atomic E-state index is -0.648. The molecule has 0 bridgehead atoms. The average Bonchev–Trinajstić information content (AvgIpc) is 2.85. The van der Waals surface area contributed by atoms with Crippen LogP contribution in [0.1, 0.15) is 54.9 Å². The van der Waals surface area contributed by atoms with Crippen molar-refractivity contribution >= 4 is 16.8 Å². The summed E-state index contributed by atoms with van der Waals surface area (Å²) >= 11 is 0. The Balaban J connectivity index is 1.43. The SMILES string of the molecule is CCC1CCCCN1CCCNC(=O)c1ccc2c(=O)n(Cc3ccccc3F)c(=O)[nH]c2c1. The number of aromatic amines is 1. The van der Waals surface area contributed by atoms with Gasteiger partial charge in [0.25, 0.3) is 11.5 Å². The van der Waals surface area contributed by atoms with Crippen molar-refractivity contribution in [2.45, 2.75) is 51.6 Å². The van der Waals surface area contributed by atoms with Crippen molar-refractivity contribution < 1.29 is 9.18 Å². The van der Waals surface area contributed by atoms with Crippen molar-refractivity contribution in [3.63, 3.8) is 0 Å². The molecule has 4 rings (SSSR count). The molecule has 1 saturated heterocycles. The first-order chi connectivity index (χ1) is 16.5. The molecule has 7 nitrogen and oxygen atoms in total. The van der Waals surface area contributed by atoms with Crippen molar-refractivity contribution in [3.05, 3.63) is 80.2 Å². The number of aromatic nitrogens is 2. The molecule has 2 N–H and O–H groups in total. The molecular formula is C26H31FN4O3. The molecule has 1 unspecified atom stereocenters. The Morgan fingerprint density at radius 3 is 2.79 bits per heavy atom. The van der Waals surface area contributed by atoms with Gasteiger partial charge in [0.1, 0.15) is 5.82 Å². The molecule has 0 aliphatic carbocycles. The Bertz CT molecular complexity index is 1280. The molecular weight excluding hydrogens is 435 g/mol. The van der Waals surface area contributed by atoms with E-state index in [1.807, 2.05) is 0 Å². The van der Waals surface area contributed by atoms with Crippen molar-refractivity contribution in [3.8, 4) is 0 Å². The van der Waals surface area contributed by atoms with Gasteiger partial charge in [-0.25, -0.2) is 9.18 Å². The highest BCUT2D eigenvalue weighted by molar-refractivity contribution is 5.97. The zero-order chi connectivity index (χ0) is 24.1. The van der Waals surface area contributed by atoms with E-state index in [9.17, 15) is 18.8 Å². The highest BCUT2D eigenvalue weighted by Crippen LogP contribution is 2.19. The first-order valence-corrected chi connectivity index (χ1v) is 12.0. The molecule has 3 aromatic rings. The summed E-state index contributed by atoms with van der Waals surface area (Å²) in [5.74, 6) is -0.726. The third-order valence-corrected chi connectivity index (χ3v) is 6.66. The molecule has 2 heterocycles. The molecule has 1 atom stereocenters. The van der Waals surface area contributed by atoms with Crippen molar-refractivity contribution in [2.24, 2.45) is 0 Å². The predicted octanol–water partition coefficient (Wildman–Crippen LogP) is 3.26. The number of benzene rings is 2. The van der Waals surface area contributed by atoms with Crippen LogP contribution < -0.4 is 16.6 Å². The first-order valence-electron chi connectivity index (χ1n) is 12.0. The minimum Gasteiger partial charge on any atom is -0.352 e. The minimum absolute atomic E-state index is 0.172. The van der Waals surface area contributed by atoms with Crippen LogP contribution in [-0.4, -0.2) is 46.0 Å². The summed E-state index contributed by atoms with van der Waals surface area (Å²) in [6.07, 6.45) is 5.81. The van der Waals surface area contributed by atoms with Gasteiger partial charge in [0.2, 0.25) is 0 Å². The lowest BCUT2D eigenvalue weighted by Gasteiger charge is -2.35. The fraction of sp³-hybridized carbons (Fsp3) is 0.423. The quantitative estimate of drug-likeness (QED) is 0.499. The van der Waals surface area contributed by atoms with Crippen LogP contribution in [0, 0.1) is 5.82 Å². The molecule has 0 radical (unpaired) electrons. The maximum Gasteiger partial charge on any atom is 0.329 e. The summed E-state index contributed by atoms with van der Waals surface area (Å²) in [5, 5.41) is 3.20. The lowest BCUT2D eigenvalue weighted by Crippen LogP contribution is -2.40. The fourth-order valence-corrected chi connectivity index (χ4v) is 4.74. The van der Waals surface area contributed by atoms with Gasteiger partial charge in [0, 0.05) is 30.3 Å². The van der Waals surface area contributed by atoms with Crippen molar-refractivity contribution in [1.29, 1.82) is 0 Å². The van der Waals surface area contributed by atoms with Gasteiger partial charge in [-0.05, 0) is 56.5 Å². The van der Waals surface area contributed by atoms with Crippen LogP contribution in [-0.2, 0) is 6.54 Å². The normalized spacial score (nSPS) is 16.6. The number of hydrogen-bond acceptors (Lipinski definition) is 4. The Kier molecular flexibility index (Phi) is 7.57. The maximum absolute atomic E-state index is 14.0. The zero-order valence-electron chi connectivity index (χ0n) is 19.5. The number of hydrogen-bond donors (Lipinski definition) is 2. The number of piperidine rings is 1. The molecule has 1 fully saturated rings. The van der Waals surface area contributed by atoms with Gasteiger partial charge in [-0.3, -0.25) is 14.2 Å². The van der Waals surface area contributed by atoms with E-state index >= 15 is 0 Å².